The van der Waals surface area contributed by atoms with E-state index in [0.29, 0.717) is 12.8 Å². The maximum absolute atomic E-state index is 11.2. The molecule has 0 saturated heterocycles. The minimum absolute atomic E-state index is 0. The summed E-state index contributed by atoms with van der Waals surface area (Å²) in [6.07, 6.45) is 0.692. The molecule has 70 valence electrons. The van der Waals surface area contributed by atoms with Gasteiger partial charge in [0.25, 0.3) is 0 Å². The molecular formula is C9H15NaO3. The van der Waals surface area contributed by atoms with Crippen LogP contribution < -0.4 is 34.7 Å². The van der Waals surface area contributed by atoms with E-state index in [4.69, 9.17) is 0 Å². The van der Waals surface area contributed by atoms with Gasteiger partial charge in [-0.1, -0.05) is 20.8 Å². The van der Waals surface area contributed by atoms with Crippen molar-refractivity contribution in [2.24, 2.45) is 5.41 Å². The number of carbonyl (C=O) groups is 2. The molecule has 0 aliphatic carbocycles. The van der Waals surface area contributed by atoms with Gasteiger partial charge in [0.15, 0.2) is 0 Å². The van der Waals surface area contributed by atoms with E-state index < -0.39 is 5.97 Å². The molecule has 0 bridgehead atoms. The van der Waals surface area contributed by atoms with E-state index >= 15 is 0 Å². The van der Waals surface area contributed by atoms with Gasteiger partial charge in [0, 0.05) is 17.8 Å². The second-order valence-corrected chi connectivity index (χ2v) is 3.90. The molecule has 0 unspecified atom stereocenters. The Kier molecular flexibility index (Phi) is 7.89. The summed E-state index contributed by atoms with van der Waals surface area (Å²) in [5, 5.41) is 10.0. The number of hydrogen-bond donors (Lipinski definition) is 0. The van der Waals surface area contributed by atoms with Crippen LogP contribution in [0, 0.1) is 5.41 Å². The van der Waals surface area contributed by atoms with Crippen LogP contribution in [0.4, 0.5) is 0 Å². The van der Waals surface area contributed by atoms with Crippen molar-refractivity contribution in [3.05, 3.63) is 0 Å². The average Bonchev–Trinajstić information content (AvgIpc) is 1.84. The van der Waals surface area contributed by atoms with Crippen molar-refractivity contribution >= 4 is 11.8 Å². The number of carboxylic acids is 1. The molecule has 0 aromatic carbocycles. The van der Waals surface area contributed by atoms with Gasteiger partial charge in [-0.05, 0) is 12.8 Å². The summed E-state index contributed by atoms with van der Waals surface area (Å²) in [5.74, 6) is -0.986. The van der Waals surface area contributed by atoms with E-state index in [-0.39, 0.29) is 47.2 Å². The summed E-state index contributed by atoms with van der Waals surface area (Å²) < 4.78 is 0. The number of Topliss-reactive ketones (excluding diaryl/α,β-unsaturated/α-hetero) is 1. The summed E-state index contributed by atoms with van der Waals surface area (Å²) in [7, 11) is 0. The van der Waals surface area contributed by atoms with E-state index in [1.54, 1.807) is 0 Å². The summed E-state index contributed by atoms with van der Waals surface area (Å²) in [6.45, 7) is 5.48. The fraction of sp³-hybridized carbons (Fsp3) is 0.778. The monoisotopic (exact) mass is 194 g/mol. The van der Waals surface area contributed by atoms with Gasteiger partial charge in [0.2, 0.25) is 0 Å². The number of carbonyl (C=O) groups excluding carboxylic acids is 2. The maximum atomic E-state index is 11.2. The van der Waals surface area contributed by atoms with Crippen molar-refractivity contribution in [2.75, 3.05) is 0 Å². The molecule has 4 heteroatoms. The van der Waals surface area contributed by atoms with Crippen molar-refractivity contribution in [1.82, 2.24) is 0 Å². The summed E-state index contributed by atoms with van der Waals surface area (Å²) in [6, 6.07) is 0. The van der Waals surface area contributed by atoms with Crippen LogP contribution in [0.1, 0.15) is 40.0 Å². The van der Waals surface area contributed by atoms with Crippen LogP contribution in [0.3, 0.4) is 0 Å². The predicted octanol–water partition coefficient (Wildman–Crippen LogP) is -2.47. The molecule has 3 nitrogen and oxygen atoms in total. The van der Waals surface area contributed by atoms with Gasteiger partial charge in [-0.3, -0.25) is 4.79 Å². The number of ketones is 1. The molecule has 0 aromatic heterocycles. The third kappa shape index (κ3) is 8.47. The van der Waals surface area contributed by atoms with Crippen molar-refractivity contribution in [1.29, 1.82) is 0 Å². The molecule has 0 amide bonds. The second-order valence-electron chi connectivity index (χ2n) is 3.90. The van der Waals surface area contributed by atoms with Crippen LogP contribution in [-0.4, -0.2) is 11.8 Å². The van der Waals surface area contributed by atoms with E-state index in [0.717, 1.165) is 0 Å². The SMILES string of the molecule is CC(C)(C)C(=O)CCCC(=O)[O-].[Na+]. The first kappa shape index (κ1) is 15.6. The van der Waals surface area contributed by atoms with E-state index in [9.17, 15) is 14.7 Å². The van der Waals surface area contributed by atoms with Gasteiger partial charge in [-0.2, -0.15) is 0 Å². The van der Waals surface area contributed by atoms with Gasteiger partial charge in [-0.15, -0.1) is 0 Å². The Balaban J connectivity index is 0. The number of rotatable bonds is 4. The molecule has 0 fully saturated rings. The van der Waals surface area contributed by atoms with E-state index in [1.807, 2.05) is 20.8 Å². The maximum Gasteiger partial charge on any atom is 1.00 e. The molecule has 0 N–H and O–H groups in total. The molecule has 0 rings (SSSR count). The molecule has 0 saturated carbocycles. The van der Waals surface area contributed by atoms with Gasteiger partial charge >= 0.3 is 29.6 Å². The molecule has 0 atom stereocenters. The molecule has 0 radical (unpaired) electrons. The van der Waals surface area contributed by atoms with Crippen LogP contribution in [0.25, 0.3) is 0 Å². The summed E-state index contributed by atoms with van der Waals surface area (Å²) >= 11 is 0. The van der Waals surface area contributed by atoms with E-state index in [1.165, 1.54) is 0 Å². The number of carboxylic acid groups (broad SMARTS) is 1. The predicted molar refractivity (Wildman–Crippen MR) is 43.3 cm³/mol. The molecule has 0 heterocycles. The Morgan fingerprint density at radius 1 is 1.15 bits per heavy atom. The van der Waals surface area contributed by atoms with Crippen molar-refractivity contribution in [3.8, 4) is 0 Å². The normalized spacial score (nSPS) is 10.4. The Labute approximate surface area is 101 Å². The zero-order valence-electron chi connectivity index (χ0n) is 8.85. The van der Waals surface area contributed by atoms with Crippen LogP contribution in [0.5, 0.6) is 0 Å². The van der Waals surface area contributed by atoms with Crippen molar-refractivity contribution in [3.63, 3.8) is 0 Å². The van der Waals surface area contributed by atoms with Crippen LogP contribution >= 0.6 is 0 Å². The summed E-state index contributed by atoms with van der Waals surface area (Å²) in [5.41, 5.74) is -0.355. The zero-order valence-corrected chi connectivity index (χ0v) is 10.8. The second kappa shape index (κ2) is 6.57. The van der Waals surface area contributed by atoms with Gasteiger partial charge in [-0.25, -0.2) is 0 Å². The van der Waals surface area contributed by atoms with E-state index in [2.05, 4.69) is 0 Å². The first-order valence-corrected chi connectivity index (χ1v) is 4.07. The van der Waals surface area contributed by atoms with Crippen molar-refractivity contribution in [2.45, 2.75) is 40.0 Å². The van der Waals surface area contributed by atoms with Gasteiger partial charge in [0.1, 0.15) is 5.78 Å². The fourth-order valence-corrected chi connectivity index (χ4v) is 0.768. The van der Waals surface area contributed by atoms with Crippen molar-refractivity contribution < 1.29 is 44.3 Å². The van der Waals surface area contributed by atoms with Crippen LogP contribution in [-0.2, 0) is 9.59 Å². The topological polar surface area (TPSA) is 57.2 Å². The minimum Gasteiger partial charge on any atom is -0.550 e. The Bertz CT molecular complexity index is 182. The fourth-order valence-electron chi connectivity index (χ4n) is 0.768. The number of hydrogen-bond acceptors (Lipinski definition) is 3. The summed E-state index contributed by atoms with van der Waals surface area (Å²) in [4.78, 5) is 21.2. The van der Waals surface area contributed by atoms with Gasteiger partial charge in [0.05, 0.1) is 0 Å². The molecule has 0 spiro atoms. The van der Waals surface area contributed by atoms with Gasteiger partial charge < -0.3 is 9.90 Å². The first-order chi connectivity index (χ1) is 5.34. The molecule has 0 aliphatic heterocycles. The third-order valence-corrected chi connectivity index (χ3v) is 1.62. The standard InChI is InChI=1S/C9H16O3.Na/c1-9(2,3)7(10)5-4-6-8(11)12;/h4-6H2,1-3H3,(H,11,12);/q;+1/p-1. The molecular weight excluding hydrogens is 179 g/mol. The smallest absolute Gasteiger partial charge is 0.550 e. The molecule has 0 aromatic rings. The minimum atomic E-state index is -1.09. The Morgan fingerprint density at radius 2 is 1.62 bits per heavy atom. The Morgan fingerprint density at radius 3 is 1.92 bits per heavy atom. The zero-order chi connectivity index (χ0) is 9.78. The average molecular weight is 194 g/mol. The first-order valence-electron chi connectivity index (χ1n) is 4.07. The third-order valence-electron chi connectivity index (χ3n) is 1.62. The number of aliphatic carboxylic acids is 1. The van der Waals surface area contributed by atoms with Crippen LogP contribution in [0.2, 0.25) is 0 Å². The molecule has 13 heavy (non-hydrogen) atoms. The van der Waals surface area contributed by atoms with Crippen LogP contribution in [0.15, 0.2) is 0 Å². The molecule has 0 aliphatic rings. The largest absolute Gasteiger partial charge is 1.00 e. The Hall–Kier alpha value is 0.140. The quantitative estimate of drug-likeness (QED) is 0.466.